The van der Waals surface area contributed by atoms with Gasteiger partial charge in [-0.1, -0.05) is 6.92 Å². The summed E-state index contributed by atoms with van der Waals surface area (Å²) in [5, 5.41) is 3.17. The molecule has 1 aliphatic heterocycles. The van der Waals surface area contributed by atoms with Crippen LogP contribution in [0.25, 0.3) is 0 Å². The van der Waals surface area contributed by atoms with Gasteiger partial charge in [0.25, 0.3) is 0 Å². The second-order valence-electron chi connectivity index (χ2n) is 3.65. The van der Waals surface area contributed by atoms with E-state index in [1.54, 1.807) is 0 Å². The number of hydrogen-bond acceptors (Lipinski definition) is 3. The van der Waals surface area contributed by atoms with Crippen molar-refractivity contribution in [3.8, 4) is 0 Å². The maximum absolute atomic E-state index is 11.7. The van der Waals surface area contributed by atoms with Crippen molar-refractivity contribution in [1.29, 1.82) is 0 Å². The molecule has 4 heteroatoms. The minimum atomic E-state index is 0.0174. The number of ether oxygens (including phenoxy) is 1. The summed E-state index contributed by atoms with van der Waals surface area (Å²) in [7, 11) is 0. The van der Waals surface area contributed by atoms with Gasteiger partial charge in [-0.3, -0.25) is 10.1 Å². The lowest BCUT2D eigenvalue weighted by Gasteiger charge is -2.20. The largest absolute Gasteiger partial charge is 0.377 e. The van der Waals surface area contributed by atoms with Crippen molar-refractivity contribution in [3.63, 3.8) is 0 Å². The van der Waals surface area contributed by atoms with E-state index in [1.807, 2.05) is 25.7 Å². The lowest BCUT2D eigenvalue weighted by Crippen LogP contribution is -2.35. The molecule has 2 unspecified atom stereocenters. The van der Waals surface area contributed by atoms with Crippen LogP contribution in [0.4, 0.5) is 0 Å². The first kappa shape index (κ1) is 11.5. The van der Waals surface area contributed by atoms with Crippen LogP contribution >= 0.6 is 0 Å². The Morgan fingerprint density at radius 3 is 2.86 bits per heavy atom. The van der Waals surface area contributed by atoms with Crippen molar-refractivity contribution < 1.29 is 9.53 Å². The summed E-state index contributed by atoms with van der Waals surface area (Å²) in [6.07, 6.45) is 0.986. The zero-order chi connectivity index (χ0) is 10.6. The minimum absolute atomic E-state index is 0.0174. The summed E-state index contributed by atoms with van der Waals surface area (Å²) in [5.74, 6) is 0.207. The third kappa shape index (κ3) is 2.69. The van der Waals surface area contributed by atoms with Crippen LogP contribution in [0.3, 0.4) is 0 Å². The average molecular weight is 200 g/mol. The van der Waals surface area contributed by atoms with E-state index in [0.29, 0.717) is 19.8 Å². The number of nitrogens with zero attached hydrogens (tertiary/aromatic N) is 1. The quantitative estimate of drug-likeness (QED) is 0.706. The molecule has 0 aromatic carbocycles. The van der Waals surface area contributed by atoms with Gasteiger partial charge in [-0.25, -0.2) is 0 Å². The molecule has 1 saturated heterocycles. The number of rotatable bonds is 5. The van der Waals surface area contributed by atoms with Gasteiger partial charge in [0.05, 0.1) is 18.8 Å². The highest BCUT2D eigenvalue weighted by Gasteiger charge is 2.30. The molecule has 1 rings (SSSR count). The standard InChI is InChI=1S/C10H20N2O2/c1-4-9-10(13)12(7-11-9)6-8(3)14-5-2/h8-9,11H,4-7H2,1-3H3. The van der Waals surface area contributed by atoms with E-state index in [4.69, 9.17) is 4.74 Å². The normalized spacial score (nSPS) is 24.4. The molecule has 1 aliphatic rings. The molecule has 14 heavy (non-hydrogen) atoms. The Kier molecular flexibility index (Phi) is 4.35. The van der Waals surface area contributed by atoms with Gasteiger partial charge in [-0.05, 0) is 20.3 Å². The predicted octanol–water partition coefficient (Wildman–Crippen LogP) is 0.579. The Labute approximate surface area is 85.6 Å². The van der Waals surface area contributed by atoms with Crippen LogP contribution in [0.15, 0.2) is 0 Å². The van der Waals surface area contributed by atoms with Crippen molar-refractivity contribution in [3.05, 3.63) is 0 Å². The van der Waals surface area contributed by atoms with E-state index < -0.39 is 0 Å². The van der Waals surface area contributed by atoms with Gasteiger partial charge in [0, 0.05) is 13.2 Å². The Bertz CT molecular complexity index is 197. The fraction of sp³-hybridized carbons (Fsp3) is 0.900. The van der Waals surface area contributed by atoms with Crippen molar-refractivity contribution in [2.45, 2.75) is 39.3 Å². The molecule has 0 bridgehead atoms. The van der Waals surface area contributed by atoms with E-state index in [1.165, 1.54) is 0 Å². The second kappa shape index (κ2) is 5.32. The highest BCUT2D eigenvalue weighted by atomic mass is 16.5. The van der Waals surface area contributed by atoms with Gasteiger partial charge >= 0.3 is 0 Å². The highest BCUT2D eigenvalue weighted by molar-refractivity contribution is 5.83. The number of carbonyl (C=O) groups is 1. The number of amides is 1. The lowest BCUT2D eigenvalue weighted by atomic mass is 10.2. The van der Waals surface area contributed by atoms with E-state index in [9.17, 15) is 4.79 Å². The van der Waals surface area contributed by atoms with Gasteiger partial charge in [0.15, 0.2) is 0 Å². The van der Waals surface area contributed by atoms with Gasteiger partial charge in [-0.15, -0.1) is 0 Å². The maximum atomic E-state index is 11.7. The Morgan fingerprint density at radius 2 is 2.36 bits per heavy atom. The number of carbonyl (C=O) groups excluding carboxylic acids is 1. The Morgan fingerprint density at radius 1 is 1.64 bits per heavy atom. The fourth-order valence-corrected chi connectivity index (χ4v) is 1.73. The van der Waals surface area contributed by atoms with Gasteiger partial charge in [-0.2, -0.15) is 0 Å². The van der Waals surface area contributed by atoms with Crippen LogP contribution in [0, 0.1) is 0 Å². The molecule has 0 saturated carbocycles. The summed E-state index contributed by atoms with van der Waals surface area (Å²) in [5.41, 5.74) is 0. The molecule has 2 atom stereocenters. The van der Waals surface area contributed by atoms with Gasteiger partial charge < -0.3 is 9.64 Å². The monoisotopic (exact) mass is 200 g/mol. The van der Waals surface area contributed by atoms with Crippen LogP contribution in [0.2, 0.25) is 0 Å². The van der Waals surface area contributed by atoms with Crippen molar-refractivity contribution in [2.24, 2.45) is 0 Å². The molecule has 0 spiro atoms. The molecular formula is C10H20N2O2. The van der Waals surface area contributed by atoms with E-state index in [0.717, 1.165) is 6.42 Å². The zero-order valence-corrected chi connectivity index (χ0v) is 9.25. The van der Waals surface area contributed by atoms with E-state index in [-0.39, 0.29) is 18.1 Å². The van der Waals surface area contributed by atoms with Crippen LogP contribution in [-0.4, -0.2) is 42.8 Å². The Hall–Kier alpha value is -0.610. The van der Waals surface area contributed by atoms with Crippen LogP contribution in [0.1, 0.15) is 27.2 Å². The number of nitrogens with one attached hydrogen (secondary N) is 1. The molecule has 0 radical (unpaired) electrons. The molecule has 0 aromatic rings. The fourth-order valence-electron chi connectivity index (χ4n) is 1.73. The summed E-state index contributed by atoms with van der Waals surface area (Å²) in [6, 6.07) is 0.0174. The van der Waals surface area contributed by atoms with Crippen molar-refractivity contribution >= 4 is 5.91 Å². The second-order valence-corrected chi connectivity index (χ2v) is 3.65. The lowest BCUT2D eigenvalue weighted by molar-refractivity contribution is -0.130. The van der Waals surface area contributed by atoms with Gasteiger partial charge in [0.1, 0.15) is 0 Å². The highest BCUT2D eigenvalue weighted by Crippen LogP contribution is 2.08. The smallest absolute Gasteiger partial charge is 0.240 e. The summed E-state index contributed by atoms with van der Waals surface area (Å²) in [6.45, 7) is 8.04. The average Bonchev–Trinajstić information content (AvgIpc) is 2.48. The molecule has 0 aliphatic carbocycles. The van der Waals surface area contributed by atoms with Crippen molar-refractivity contribution in [1.82, 2.24) is 10.2 Å². The summed E-state index contributed by atoms with van der Waals surface area (Å²) >= 11 is 0. The number of hydrogen-bond donors (Lipinski definition) is 1. The minimum Gasteiger partial charge on any atom is -0.377 e. The van der Waals surface area contributed by atoms with Gasteiger partial charge in [0.2, 0.25) is 5.91 Å². The molecule has 82 valence electrons. The van der Waals surface area contributed by atoms with Crippen LogP contribution in [-0.2, 0) is 9.53 Å². The van der Waals surface area contributed by atoms with Crippen molar-refractivity contribution in [2.75, 3.05) is 19.8 Å². The molecular weight excluding hydrogens is 180 g/mol. The first-order valence-electron chi connectivity index (χ1n) is 5.32. The summed E-state index contributed by atoms with van der Waals surface area (Å²) < 4.78 is 5.40. The first-order valence-corrected chi connectivity index (χ1v) is 5.32. The van der Waals surface area contributed by atoms with Crippen LogP contribution in [0.5, 0.6) is 0 Å². The van der Waals surface area contributed by atoms with Crippen LogP contribution < -0.4 is 5.32 Å². The SMILES string of the molecule is CCOC(C)CN1CNC(CC)C1=O. The molecule has 1 fully saturated rings. The van der Waals surface area contributed by atoms with E-state index >= 15 is 0 Å². The molecule has 1 heterocycles. The predicted molar refractivity (Wildman–Crippen MR) is 54.9 cm³/mol. The molecule has 0 aromatic heterocycles. The zero-order valence-electron chi connectivity index (χ0n) is 9.25. The molecule has 4 nitrogen and oxygen atoms in total. The third-order valence-corrected chi connectivity index (χ3v) is 2.48. The summed E-state index contributed by atoms with van der Waals surface area (Å²) in [4.78, 5) is 13.5. The first-order chi connectivity index (χ1) is 6.69. The molecule has 1 amide bonds. The van der Waals surface area contributed by atoms with E-state index in [2.05, 4.69) is 5.32 Å². The topological polar surface area (TPSA) is 41.6 Å². The molecule has 1 N–H and O–H groups in total. The maximum Gasteiger partial charge on any atom is 0.240 e. The third-order valence-electron chi connectivity index (χ3n) is 2.48. The Balaban J connectivity index is 2.36.